The summed E-state index contributed by atoms with van der Waals surface area (Å²) in [5, 5.41) is 2.80. The number of hydrogen-bond donors (Lipinski definition) is 2. The molecule has 0 spiro atoms. The molecule has 0 saturated carbocycles. The topological polar surface area (TPSA) is 84.0 Å². The van der Waals surface area contributed by atoms with Crippen LogP contribution in [0.5, 0.6) is 0 Å². The van der Waals surface area contributed by atoms with Crippen LogP contribution in [0, 0.1) is 6.92 Å². The Bertz CT molecular complexity index is 1030. The molecule has 0 aliphatic carbocycles. The summed E-state index contributed by atoms with van der Waals surface area (Å²) in [4.78, 5) is 38.5. The van der Waals surface area contributed by atoms with E-state index in [1.807, 2.05) is 31.2 Å². The molecule has 0 bridgehead atoms. The van der Waals surface area contributed by atoms with E-state index in [1.54, 1.807) is 24.3 Å². The van der Waals surface area contributed by atoms with Crippen LogP contribution in [0.2, 0.25) is 0 Å². The molecule has 1 amide bonds. The van der Waals surface area contributed by atoms with Crippen LogP contribution in [0.3, 0.4) is 0 Å². The van der Waals surface area contributed by atoms with E-state index in [9.17, 15) is 14.4 Å². The summed E-state index contributed by atoms with van der Waals surface area (Å²) in [5.74, 6) is -0.118. The lowest BCUT2D eigenvalue weighted by atomic mass is 10.1. The Balaban J connectivity index is 1.69. The first-order valence-electron chi connectivity index (χ1n) is 8.09. The van der Waals surface area contributed by atoms with Crippen molar-refractivity contribution in [3.63, 3.8) is 0 Å². The maximum absolute atomic E-state index is 12.1. The molecule has 3 rings (SSSR count). The van der Waals surface area contributed by atoms with Gasteiger partial charge in [-0.2, -0.15) is 0 Å². The molecule has 1 aromatic heterocycles. The number of nitrogens with one attached hydrogen (secondary N) is 2. The zero-order valence-corrected chi connectivity index (χ0v) is 13.9. The van der Waals surface area contributed by atoms with Crippen molar-refractivity contribution in [1.82, 2.24) is 14.9 Å². The number of carbonyl (C=O) groups is 1. The molecule has 0 aliphatic rings. The Morgan fingerprint density at radius 2 is 1.92 bits per heavy atom. The first kappa shape index (κ1) is 16.7. The van der Waals surface area contributed by atoms with Gasteiger partial charge in [0.25, 0.3) is 0 Å². The third kappa shape index (κ3) is 3.85. The van der Waals surface area contributed by atoms with Gasteiger partial charge in [-0.3, -0.25) is 14.4 Å². The minimum Gasteiger partial charge on any atom is -0.354 e. The number of rotatable bonds is 5. The molecule has 128 valence electrons. The number of hydrogen-bond acceptors (Lipinski definition) is 3. The number of H-pyrrole nitrogens is 1. The summed E-state index contributed by atoms with van der Waals surface area (Å²) in [5.41, 5.74) is 2.00. The fraction of sp³-hybridized carbons (Fsp3) is 0.211. The predicted molar refractivity (Wildman–Crippen MR) is 96.7 cm³/mol. The quantitative estimate of drug-likeness (QED) is 0.690. The molecule has 1 heterocycles. The maximum atomic E-state index is 12.1. The average Bonchev–Trinajstić information content (AvgIpc) is 2.58. The van der Waals surface area contributed by atoms with E-state index in [-0.39, 0.29) is 25.4 Å². The van der Waals surface area contributed by atoms with Crippen molar-refractivity contribution in [3.8, 4) is 0 Å². The summed E-state index contributed by atoms with van der Waals surface area (Å²) in [6.45, 7) is 2.49. The lowest BCUT2D eigenvalue weighted by molar-refractivity contribution is -0.120. The zero-order chi connectivity index (χ0) is 17.8. The van der Waals surface area contributed by atoms with Gasteiger partial charge in [0, 0.05) is 13.1 Å². The van der Waals surface area contributed by atoms with Gasteiger partial charge in [-0.05, 0) is 24.6 Å². The lowest BCUT2D eigenvalue weighted by Crippen LogP contribution is -2.39. The second-order valence-corrected chi connectivity index (χ2v) is 5.94. The van der Waals surface area contributed by atoms with Gasteiger partial charge in [-0.1, -0.05) is 42.0 Å². The number of fused-ring (bicyclic) bond motifs is 1. The molecule has 2 N–H and O–H groups in total. The first-order valence-corrected chi connectivity index (χ1v) is 8.09. The third-order valence-corrected chi connectivity index (χ3v) is 3.99. The van der Waals surface area contributed by atoms with Crippen molar-refractivity contribution >= 4 is 16.9 Å². The van der Waals surface area contributed by atoms with Crippen molar-refractivity contribution in [3.05, 3.63) is 80.4 Å². The minimum atomic E-state index is -0.662. The van der Waals surface area contributed by atoms with Crippen LogP contribution in [-0.2, 0) is 17.8 Å². The standard InChI is InChI=1S/C19H19N3O3/c1-13-5-4-6-14(11-13)12-17(23)20-9-10-22-16-8-3-2-7-15(16)21-18(24)19(22)25/h2-8,11H,9-10,12H2,1H3,(H,20,23)(H,21,24). The van der Waals surface area contributed by atoms with Gasteiger partial charge in [0.15, 0.2) is 0 Å². The van der Waals surface area contributed by atoms with Crippen LogP contribution in [-0.4, -0.2) is 22.0 Å². The van der Waals surface area contributed by atoms with Crippen molar-refractivity contribution in [2.45, 2.75) is 19.9 Å². The summed E-state index contributed by atoms with van der Waals surface area (Å²) >= 11 is 0. The molecule has 0 unspecified atom stereocenters. The Hall–Kier alpha value is -3.15. The SMILES string of the molecule is Cc1cccc(CC(=O)NCCn2c(=O)c(=O)[nH]c3ccccc32)c1. The van der Waals surface area contributed by atoms with E-state index >= 15 is 0 Å². The molecule has 0 radical (unpaired) electrons. The molecule has 2 aromatic carbocycles. The maximum Gasteiger partial charge on any atom is 0.316 e. The smallest absolute Gasteiger partial charge is 0.316 e. The summed E-state index contributed by atoms with van der Waals surface area (Å²) in [6, 6.07) is 14.9. The highest BCUT2D eigenvalue weighted by molar-refractivity contribution is 5.78. The van der Waals surface area contributed by atoms with E-state index in [1.165, 1.54) is 4.57 Å². The molecule has 6 nitrogen and oxygen atoms in total. The number of para-hydroxylation sites is 2. The van der Waals surface area contributed by atoms with E-state index < -0.39 is 11.1 Å². The Kier molecular flexibility index (Phi) is 4.79. The van der Waals surface area contributed by atoms with Gasteiger partial charge in [-0.25, -0.2) is 0 Å². The van der Waals surface area contributed by atoms with Crippen molar-refractivity contribution < 1.29 is 4.79 Å². The van der Waals surface area contributed by atoms with E-state index in [2.05, 4.69) is 10.3 Å². The number of nitrogens with zero attached hydrogens (tertiary/aromatic N) is 1. The molecule has 0 atom stereocenters. The van der Waals surface area contributed by atoms with Crippen molar-refractivity contribution in [2.75, 3.05) is 6.54 Å². The Labute approximate surface area is 144 Å². The van der Waals surface area contributed by atoms with Crippen LogP contribution in [0.25, 0.3) is 11.0 Å². The third-order valence-electron chi connectivity index (χ3n) is 3.99. The molecule has 6 heteroatoms. The van der Waals surface area contributed by atoms with Gasteiger partial charge >= 0.3 is 11.1 Å². The number of aromatic nitrogens is 2. The highest BCUT2D eigenvalue weighted by Gasteiger charge is 2.08. The van der Waals surface area contributed by atoms with E-state index in [0.29, 0.717) is 11.0 Å². The average molecular weight is 337 g/mol. The second kappa shape index (κ2) is 7.17. The molecular formula is C19H19N3O3. The monoisotopic (exact) mass is 337 g/mol. The molecule has 0 saturated heterocycles. The van der Waals surface area contributed by atoms with Crippen LogP contribution in [0.4, 0.5) is 0 Å². The van der Waals surface area contributed by atoms with E-state index in [0.717, 1.165) is 11.1 Å². The number of aromatic amines is 1. The highest BCUT2D eigenvalue weighted by Crippen LogP contribution is 2.07. The van der Waals surface area contributed by atoms with Crippen LogP contribution in [0.15, 0.2) is 58.1 Å². The van der Waals surface area contributed by atoms with Crippen LogP contribution >= 0.6 is 0 Å². The first-order chi connectivity index (χ1) is 12.0. The highest BCUT2D eigenvalue weighted by atomic mass is 16.2. The molecule has 25 heavy (non-hydrogen) atoms. The van der Waals surface area contributed by atoms with Crippen molar-refractivity contribution in [1.29, 1.82) is 0 Å². The second-order valence-electron chi connectivity index (χ2n) is 5.94. The number of benzene rings is 2. The van der Waals surface area contributed by atoms with Gasteiger partial charge in [0.2, 0.25) is 5.91 Å². The zero-order valence-electron chi connectivity index (χ0n) is 13.9. The molecule has 0 fully saturated rings. The van der Waals surface area contributed by atoms with Crippen LogP contribution < -0.4 is 16.4 Å². The van der Waals surface area contributed by atoms with Crippen molar-refractivity contribution in [2.24, 2.45) is 0 Å². The van der Waals surface area contributed by atoms with Crippen LogP contribution in [0.1, 0.15) is 11.1 Å². The van der Waals surface area contributed by atoms with Gasteiger partial charge in [0.1, 0.15) is 0 Å². The minimum absolute atomic E-state index is 0.118. The summed E-state index contributed by atoms with van der Waals surface area (Å²) in [7, 11) is 0. The fourth-order valence-electron chi connectivity index (χ4n) is 2.82. The number of aryl methyl sites for hydroxylation is 1. The number of amides is 1. The lowest BCUT2D eigenvalue weighted by Gasteiger charge is -2.10. The summed E-state index contributed by atoms with van der Waals surface area (Å²) < 4.78 is 1.39. The fourth-order valence-corrected chi connectivity index (χ4v) is 2.82. The molecule has 0 aliphatic heterocycles. The van der Waals surface area contributed by atoms with Gasteiger partial charge in [-0.15, -0.1) is 0 Å². The van der Waals surface area contributed by atoms with Gasteiger partial charge < -0.3 is 14.9 Å². The molecular weight excluding hydrogens is 318 g/mol. The largest absolute Gasteiger partial charge is 0.354 e. The predicted octanol–water partition coefficient (Wildman–Crippen LogP) is 1.36. The Morgan fingerprint density at radius 3 is 2.72 bits per heavy atom. The summed E-state index contributed by atoms with van der Waals surface area (Å²) in [6.07, 6.45) is 0.284. The normalized spacial score (nSPS) is 10.8. The number of carbonyl (C=O) groups excluding carboxylic acids is 1. The van der Waals surface area contributed by atoms with E-state index in [4.69, 9.17) is 0 Å². The molecule has 3 aromatic rings. The van der Waals surface area contributed by atoms with Gasteiger partial charge in [0.05, 0.1) is 17.5 Å². The Morgan fingerprint density at radius 1 is 1.12 bits per heavy atom.